The largest absolute Gasteiger partial charge is 0.422 e. The third-order valence-electron chi connectivity index (χ3n) is 2.91. The second kappa shape index (κ2) is 5.57. The molecule has 3 aromatic rings. The lowest BCUT2D eigenvalue weighted by molar-refractivity contribution is 0.0740. The quantitative estimate of drug-likeness (QED) is 0.511. The van der Waals surface area contributed by atoms with E-state index in [1.54, 1.807) is 24.3 Å². The molecule has 0 fully saturated rings. The van der Waals surface area contributed by atoms with Crippen molar-refractivity contribution in [3.63, 3.8) is 0 Å². The number of fused-ring (bicyclic) bond motifs is 1. The molecule has 0 radical (unpaired) electrons. The highest BCUT2D eigenvalue weighted by atomic mass is 35.5. The maximum atomic E-state index is 12.2. The Balaban J connectivity index is 1.90. The molecule has 0 N–H and O–H groups in total. The van der Waals surface area contributed by atoms with Gasteiger partial charge in [0.05, 0.1) is 16.7 Å². The fourth-order valence-electron chi connectivity index (χ4n) is 1.90. The lowest BCUT2D eigenvalue weighted by Gasteiger charge is -2.02. The van der Waals surface area contributed by atoms with E-state index in [4.69, 9.17) is 21.6 Å². The summed E-state index contributed by atoms with van der Waals surface area (Å²) in [5.41, 5.74) is 0.509. The number of thiophene rings is 1. The van der Waals surface area contributed by atoms with E-state index in [1.807, 2.05) is 30.3 Å². The van der Waals surface area contributed by atoms with Gasteiger partial charge in [-0.3, -0.25) is 0 Å². The highest BCUT2D eigenvalue weighted by molar-refractivity contribution is 7.21. The van der Waals surface area contributed by atoms with Crippen molar-refractivity contribution < 1.29 is 9.53 Å². The summed E-state index contributed by atoms with van der Waals surface area (Å²) in [6.45, 7) is 0. The van der Waals surface area contributed by atoms with Crippen LogP contribution in [-0.2, 0) is 0 Å². The van der Waals surface area contributed by atoms with E-state index < -0.39 is 5.97 Å². The van der Waals surface area contributed by atoms with Gasteiger partial charge in [0.15, 0.2) is 0 Å². The Morgan fingerprint density at radius 1 is 1.14 bits per heavy atom. The smallest absolute Gasteiger partial charge is 0.355 e. The molecule has 0 bridgehead atoms. The molecule has 21 heavy (non-hydrogen) atoms. The molecule has 1 aromatic heterocycles. The van der Waals surface area contributed by atoms with Gasteiger partial charge >= 0.3 is 5.97 Å². The predicted molar refractivity (Wildman–Crippen MR) is 83.0 cm³/mol. The lowest BCUT2D eigenvalue weighted by Crippen LogP contribution is -2.06. The van der Waals surface area contributed by atoms with Gasteiger partial charge in [0.1, 0.15) is 10.6 Å². The van der Waals surface area contributed by atoms with Gasteiger partial charge in [-0.1, -0.05) is 29.8 Å². The maximum absolute atomic E-state index is 12.2. The molecule has 3 nitrogen and oxygen atoms in total. The molecule has 0 aliphatic rings. The summed E-state index contributed by atoms with van der Waals surface area (Å²) in [5.74, 6) is -0.113. The van der Waals surface area contributed by atoms with E-state index in [0.29, 0.717) is 21.2 Å². The third-order valence-corrected chi connectivity index (χ3v) is 4.57. The summed E-state index contributed by atoms with van der Waals surface area (Å²) in [6.07, 6.45) is 0. The van der Waals surface area contributed by atoms with Crippen molar-refractivity contribution in [1.29, 1.82) is 5.26 Å². The van der Waals surface area contributed by atoms with Crippen molar-refractivity contribution in [3.05, 3.63) is 64.0 Å². The molecule has 0 spiro atoms. The van der Waals surface area contributed by atoms with Gasteiger partial charge in [-0.15, -0.1) is 11.3 Å². The van der Waals surface area contributed by atoms with E-state index >= 15 is 0 Å². The van der Waals surface area contributed by atoms with Crippen molar-refractivity contribution in [2.45, 2.75) is 0 Å². The van der Waals surface area contributed by atoms with Crippen LogP contribution in [0.3, 0.4) is 0 Å². The number of benzene rings is 2. The molecule has 0 atom stereocenters. The molecule has 0 unspecified atom stereocenters. The molecule has 1 heterocycles. The van der Waals surface area contributed by atoms with Gasteiger partial charge in [-0.05, 0) is 30.3 Å². The number of nitriles is 1. The molecule has 0 saturated carbocycles. The number of esters is 1. The Kier molecular flexibility index (Phi) is 3.61. The number of carbonyl (C=O) groups excluding carboxylic acids is 1. The molecule has 2 aromatic carbocycles. The topological polar surface area (TPSA) is 50.1 Å². The Labute approximate surface area is 130 Å². The van der Waals surface area contributed by atoms with Crippen LogP contribution in [0.2, 0.25) is 5.02 Å². The standard InChI is InChI=1S/C16H8ClNO2S/c17-14-12-3-1-2-4-13(12)21-15(14)16(19)20-11-7-5-10(9-18)6-8-11/h1-8H. The monoisotopic (exact) mass is 313 g/mol. The van der Waals surface area contributed by atoms with Crippen molar-refractivity contribution in [2.24, 2.45) is 0 Å². The first-order chi connectivity index (χ1) is 10.2. The van der Waals surface area contributed by atoms with Gasteiger partial charge < -0.3 is 4.74 Å². The van der Waals surface area contributed by atoms with E-state index in [1.165, 1.54) is 11.3 Å². The summed E-state index contributed by atoms with van der Waals surface area (Å²) >= 11 is 7.53. The Morgan fingerprint density at radius 2 is 1.86 bits per heavy atom. The molecule has 0 amide bonds. The number of hydrogen-bond acceptors (Lipinski definition) is 4. The van der Waals surface area contributed by atoms with Crippen molar-refractivity contribution in [3.8, 4) is 11.8 Å². The molecule has 0 aliphatic heterocycles. The fourth-order valence-corrected chi connectivity index (χ4v) is 3.28. The number of halogens is 1. The van der Waals surface area contributed by atoms with Crippen LogP contribution >= 0.6 is 22.9 Å². The second-order valence-electron chi connectivity index (χ2n) is 4.27. The van der Waals surface area contributed by atoms with Crippen LogP contribution in [0.15, 0.2) is 48.5 Å². The van der Waals surface area contributed by atoms with Crippen LogP contribution < -0.4 is 4.74 Å². The SMILES string of the molecule is N#Cc1ccc(OC(=O)c2sc3ccccc3c2Cl)cc1. The molecular weight excluding hydrogens is 306 g/mol. The van der Waals surface area contributed by atoms with E-state index in [2.05, 4.69) is 0 Å². The zero-order chi connectivity index (χ0) is 14.8. The summed E-state index contributed by atoms with van der Waals surface area (Å²) in [6, 6.07) is 15.9. The minimum Gasteiger partial charge on any atom is -0.422 e. The summed E-state index contributed by atoms with van der Waals surface area (Å²) < 4.78 is 6.23. The summed E-state index contributed by atoms with van der Waals surface area (Å²) in [7, 11) is 0. The highest BCUT2D eigenvalue weighted by Gasteiger charge is 2.18. The zero-order valence-corrected chi connectivity index (χ0v) is 12.2. The van der Waals surface area contributed by atoms with E-state index in [-0.39, 0.29) is 0 Å². The molecule has 0 aliphatic carbocycles. The Bertz CT molecular complexity index is 862. The first-order valence-electron chi connectivity index (χ1n) is 6.08. The fraction of sp³-hybridized carbons (Fsp3) is 0. The lowest BCUT2D eigenvalue weighted by atomic mass is 10.2. The van der Waals surface area contributed by atoms with Crippen LogP contribution in [0.25, 0.3) is 10.1 Å². The molecule has 0 saturated heterocycles. The average molecular weight is 314 g/mol. The number of nitrogens with zero attached hydrogens (tertiary/aromatic N) is 1. The van der Waals surface area contributed by atoms with Gasteiger partial charge in [0, 0.05) is 10.1 Å². The van der Waals surface area contributed by atoms with Crippen molar-refractivity contribution in [1.82, 2.24) is 0 Å². The van der Waals surface area contributed by atoms with Crippen molar-refractivity contribution >= 4 is 39.0 Å². The minimum absolute atomic E-state index is 0.377. The van der Waals surface area contributed by atoms with Crippen molar-refractivity contribution in [2.75, 3.05) is 0 Å². The molecule has 102 valence electrons. The Morgan fingerprint density at radius 3 is 2.52 bits per heavy atom. The summed E-state index contributed by atoms with van der Waals surface area (Å²) in [4.78, 5) is 12.6. The number of ether oxygens (including phenoxy) is 1. The molecule has 5 heteroatoms. The van der Waals surface area contributed by atoms with Crippen LogP contribution in [0.4, 0.5) is 0 Å². The highest BCUT2D eigenvalue weighted by Crippen LogP contribution is 2.35. The van der Waals surface area contributed by atoms with Crippen LogP contribution in [-0.4, -0.2) is 5.97 Å². The predicted octanol–water partition coefficient (Wildman–Crippen LogP) is 4.65. The van der Waals surface area contributed by atoms with Gasteiger partial charge in [-0.25, -0.2) is 4.79 Å². The zero-order valence-electron chi connectivity index (χ0n) is 10.7. The second-order valence-corrected chi connectivity index (χ2v) is 5.70. The first kappa shape index (κ1) is 13.6. The minimum atomic E-state index is -0.495. The van der Waals surface area contributed by atoms with Crippen LogP contribution in [0.1, 0.15) is 15.2 Å². The number of carbonyl (C=O) groups is 1. The summed E-state index contributed by atoms with van der Waals surface area (Å²) in [5, 5.41) is 9.99. The number of hydrogen-bond donors (Lipinski definition) is 0. The molecular formula is C16H8ClNO2S. The Hall–Kier alpha value is -2.35. The normalized spacial score (nSPS) is 10.3. The van der Waals surface area contributed by atoms with Crippen LogP contribution in [0.5, 0.6) is 5.75 Å². The average Bonchev–Trinajstić information content (AvgIpc) is 2.86. The van der Waals surface area contributed by atoms with Gasteiger partial charge in [0.25, 0.3) is 0 Å². The number of rotatable bonds is 2. The van der Waals surface area contributed by atoms with Gasteiger partial charge in [-0.2, -0.15) is 5.26 Å². The van der Waals surface area contributed by atoms with E-state index in [0.717, 1.165) is 10.1 Å². The third kappa shape index (κ3) is 2.62. The molecule has 3 rings (SSSR count). The first-order valence-corrected chi connectivity index (χ1v) is 7.28. The maximum Gasteiger partial charge on any atom is 0.355 e. The van der Waals surface area contributed by atoms with Gasteiger partial charge in [0.2, 0.25) is 0 Å². The van der Waals surface area contributed by atoms with E-state index in [9.17, 15) is 4.79 Å². The van der Waals surface area contributed by atoms with Crippen LogP contribution in [0, 0.1) is 11.3 Å².